The second-order valence-corrected chi connectivity index (χ2v) is 5.48. The van der Waals surface area contributed by atoms with Crippen LogP contribution < -0.4 is 4.74 Å². The summed E-state index contributed by atoms with van der Waals surface area (Å²) in [5.74, 6) is -0.809. The van der Waals surface area contributed by atoms with Crippen LogP contribution in [0.3, 0.4) is 0 Å². The fourth-order valence-electron chi connectivity index (χ4n) is 2.29. The Labute approximate surface area is 129 Å². The molecule has 0 heterocycles. The summed E-state index contributed by atoms with van der Waals surface area (Å²) in [6, 6.07) is 9.64. The number of aryl methyl sites for hydroxylation is 2. The zero-order valence-electron chi connectivity index (χ0n) is 12.9. The molecule has 3 nitrogen and oxygen atoms in total. The van der Waals surface area contributed by atoms with Crippen LogP contribution in [0.5, 0.6) is 5.75 Å². The lowest BCUT2D eigenvalue weighted by Gasteiger charge is -2.18. The van der Waals surface area contributed by atoms with E-state index < -0.39 is 12.1 Å². The molecule has 0 spiro atoms. The van der Waals surface area contributed by atoms with Gasteiger partial charge in [-0.1, -0.05) is 18.2 Å². The number of aliphatic carboxylic acids is 1. The van der Waals surface area contributed by atoms with Gasteiger partial charge in [0.2, 0.25) is 0 Å². The molecule has 0 unspecified atom stereocenters. The molecule has 2 aromatic carbocycles. The van der Waals surface area contributed by atoms with Crippen LogP contribution in [0.15, 0.2) is 36.4 Å². The van der Waals surface area contributed by atoms with Gasteiger partial charge in [0, 0.05) is 6.42 Å². The van der Waals surface area contributed by atoms with E-state index in [1.54, 1.807) is 12.1 Å². The molecule has 0 radical (unpaired) electrons. The van der Waals surface area contributed by atoms with Crippen LogP contribution in [0.4, 0.5) is 4.39 Å². The number of hydrogen-bond donors (Lipinski definition) is 1. The lowest BCUT2D eigenvalue weighted by molar-refractivity contribution is -0.145. The summed E-state index contributed by atoms with van der Waals surface area (Å²) in [6.07, 6.45) is -0.826. The first-order valence-electron chi connectivity index (χ1n) is 7.08. The fraction of sp³-hybridized carbons (Fsp3) is 0.278. The predicted octanol–water partition coefficient (Wildman–Crippen LogP) is 3.83. The summed E-state index contributed by atoms with van der Waals surface area (Å²) in [7, 11) is 0. The number of ether oxygens (including phenoxy) is 1. The highest BCUT2D eigenvalue weighted by molar-refractivity contribution is 5.73. The molecule has 0 fully saturated rings. The minimum Gasteiger partial charge on any atom is -0.478 e. The van der Waals surface area contributed by atoms with E-state index in [1.165, 1.54) is 12.1 Å². The minimum absolute atomic E-state index is 0.183. The normalized spacial score (nSPS) is 12.0. The molecule has 1 atom stereocenters. The third kappa shape index (κ3) is 3.85. The average Bonchev–Trinajstić information content (AvgIpc) is 2.45. The van der Waals surface area contributed by atoms with Crippen molar-refractivity contribution in [1.29, 1.82) is 0 Å². The Hall–Kier alpha value is -2.36. The lowest BCUT2D eigenvalue weighted by Crippen LogP contribution is -2.29. The van der Waals surface area contributed by atoms with E-state index in [0.29, 0.717) is 5.75 Å². The van der Waals surface area contributed by atoms with Crippen molar-refractivity contribution in [3.8, 4) is 5.75 Å². The molecule has 1 N–H and O–H groups in total. The zero-order chi connectivity index (χ0) is 16.3. The summed E-state index contributed by atoms with van der Waals surface area (Å²) in [5.41, 5.74) is 3.72. The van der Waals surface area contributed by atoms with E-state index in [9.17, 15) is 14.3 Å². The summed E-state index contributed by atoms with van der Waals surface area (Å²) in [5, 5.41) is 9.38. The maximum Gasteiger partial charge on any atom is 0.345 e. The fourth-order valence-corrected chi connectivity index (χ4v) is 2.29. The van der Waals surface area contributed by atoms with Crippen LogP contribution >= 0.6 is 0 Å². The first kappa shape index (κ1) is 16.0. The highest BCUT2D eigenvalue weighted by Crippen LogP contribution is 2.25. The number of benzene rings is 2. The largest absolute Gasteiger partial charge is 0.478 e. The van der Waals surface area contributed by atoms with Crippen molar-refractivity contribution in [2.24, 2.45) is 0 Å². The molecule has 0 aliphatic carbocycles. The van der Waals surface area contributed by atoms with Gasteiger partial charge < -0.3 is 9.84 Å². The lowest BCUT2D eigenvalue weighted by atomic mass is 10.0. The molecule has 2 aromatic rings. The van der Waals surface area contributed by atoms with Gasteiger partial charge in [0.15, 0.2) is 6.10 Å². The zero-order valence-corrected chi connectivity index (χ0v) is 12.9. The van der Waals surface area contributed by atoms with Crippen LogP contribution in [0.1, 0.15) is 22.3 Å². The summed E-state index contributed by atoms with van der Waals surface area (Å²) in [4.78, 5) is 11.5. The SMILES string of the molecule is Cc1cc(C)c(C)c(O[C@H](Cc2ccc(F)cc2)C(=O)O)c1. The molecule has 0 saturated heterocycles. The van der Waals surface area contributed by atoms with Crippen molar-refractivity contribution >= 4 is 5.97 Å². The quantitative estimate of drug-likeness (QED) is 0.913. The molecule has 0 aliphatic heterocycles. The third-order valence-corrected chi connectivity index (χ3v) is 3.64. The molecule has 2 rings (SSSR count). The van der Waals surface area contributed by atoms with Gasteiger partial charge in [-0.3, -0.25) is 0 Å². The molecule has 22 heavy (non-hydrogen) atoms. The Bertz CT molecular complexity index is 677. The van der Waals surface area contributed by atoms with Crippen molar-refractivity contribution < 1.29 is 19.0 Å². The van der Waals surface area contributed by atoms with Crippen LogP contribution in [0.2, 0.25) is 0 Å². The van der Waals surface area contributed by atoms with Crippen molar-refractivity contribution in [2.45, 2.75) is 33.3 Å². The molecule has 0 saturated carbocycles. The van der Waals surface area contributed by atoms with Gasteiger partial charge in [0.25, 0.3) is 0 Å². The molecule has 4 heteroatoms. The van der Waals surface area contributed by atoms with Crippen LogP contribution in [-0.2, 0) is 11.2 Å². The first-order valence-corrected chi connectivity index (χ1v) is 7.08. The van der Waals surface area contributed by atoms with Crippen molar-refractivity contribution in [2.75, 3.05) is 0 Å². The van der Waals surface area contributed by atoms with Gasteiger partial charge in [-0.25, -0.2) is 9.18 Å². The number of carboxylic acid groups (broad SMARTS) is 1. The molecule has 0 bridgehead atoms. The Morgan fingerprint density at radius 1 is 1.18 bits per heavy atom. The van der Waals surface area contributed by atoms with Gasteiger partial charge in [0.1, 0.15) is 11.6 Å². The second kappa shape index (κ2) is 6.60. The Balaban J connectivity index is 2.22. The maximum absolute atomic E-state index is 12.9. The van der Waals surface area contributed by atoms with E-state index in [-0.39, 0.29) is 12.2 Å². The maximum atomic E-state index is 12.9. The van der Waals surface area contributed by atoms with Crippen molar-refractivity contribution in [1.82, 2.24) is 0 Å². The Morgan fingerprint density at radius 3 is 2.41 bits per heavy atom. The van der Waals surface area contributed by atoms with E-state index in [1.807, 2.05) is 32.9 Å². The van der Waals surface area contributed by atoms with E-state index in [0.717, 1.165) is 22.3 Å². The smallest absolute Gasteiger partial charge is 0.345 e. The van der Waals surface area contributed by atoms with Crippen LogP contribution in [0.25, 0.3) is 0 Å². The molecule has 0 amide bonds. The van der Waals surface area contributed by atoms with Gasteiger partial charge in [-0.2, -0.15) is 0 Å². The number of carboxylic acids is 1. The number of hydrogen-bond acceptors (Lipinski definition) is 2. The van der Waals surface area contributed by atoms with Crippen LogP contribution in [0, 0.1) is 26.6 Å². The topological polar surface area (TPSA) is 46.5 Å². The van der Waals surface area contributed by atoms with Gasteiger partial charge in [-0.05, 0) is 61.2 Å². The molecule has 116 valence electrons. The number of rotatable bonds is 5. The van der Waals surface area contributed by atoms with Crippen LogP contribution in [-0.4, -0.2) is 17.2 Å². The first-order chi connectivity index (χ1) is 10.4. The van der Waals surface area contributed by atoms with E-state index >= 15 is 0 Å². The van der Waals surface area contributed by atoms with Crippen molar-refractivity contribution in [3.63, 3.8) is 0 Å². The molecular weight excluding hydrogens is 283 g/mol. The Kier molecular flexibility index (Phi) is 4.81. The van der Waals surface area contributed by atoms with E-state index in [2.05, 4.69) is 0 Å². The minimum atomic E-state index is -1.04. The highest BCUT2D eigenvalue weighted by atomic mass is 19.1. The third-order valence-electron chi connectivity index (χ3n) is 3.64. The van der Waals surface area contributed by atoms with E-state index in [4.69, 9.17) is 4.74 Å². The molecule has 0 aromatic heterocycles. The Morgan fingerprint density at radius 2 is 1.82 bits per heavy atom. The standard InChI is InChI=1S/C18H19FO3/c1-11-8-12(2)13(3)16(9-11)22-17(18(20)21)10-14-4-6-15(19)7-5-14/h4-9,17H,10H2,1-3H3,(H,20,21)/t17-/m1/s1. The van der Waals surface area contributed by atoms with Gasteiger partial charge in [0.05, 0.1) is 0 Å². The average molecular weight is 302 g/mol. The van der Waals surface area contributed by atoms with Gasteiger partial charge in [-0.15, -0.1) is 0 Å². The number of halogens is 1. The monoisotopic (exact) mass is 302 g/mol. The molecular formula is C18H19FO3. The summed E-state index contributed by atoms with van der Waals surface area (Å²) in [6.45, 7) is 5.81. The number of carbonyl (C=O) groups is 1. The summed E-state index contributed by atoms with van der Waals surface area (Å²) >= 11 is 0. The van der Waals surface area contributed by atoms with Crippen molar-refractivity contribution in [3.05, 3.63) is 64.5 Å². The second-order valence-electron chi connectivity index (χ2n) is 5.48. The summed E-state index contributed by atoms with van der Waals surface area (Å²) < 4.78 is 18.6. The predicted molar refractivity (Wildman–Crippen MR) is 82.8 cm³/mol. The van der Waals surface area contributed by atoms with Gasteiger partial charge >= 0.3 is 5.97 Å². The molecule has 0 aliphatic rings. The highest BCUT2D eigenvalue weighted by Gasteiger charge is 2.21.